The SMILES string of the molecule is CCCCCOC(=O)c1c2ccccc2n2cc(OC(C)CC#N)ccc12. The van der Waals surface area contributed by atoms with Crippen molar-refractivity contribution in [2.75, 3.05) is 6.61 Å². The number of ether oxygens (including phenoxy) is 2. The van der Waals surface area contributed by atoms with Gasteiger partial charge >= 0.3 is 5.97 Å². The van der Waals surface area contributed by atoms with Crippen LogP contribution in [0.3, 0.4) is 0 Å². The Hall–Kier alpha value is -3.00. The van der Waals surface area contributed by atoms with Gasteiger partial charge in [0.25, 0.3) is 0 Å². The fraction of sp³-hybridized carbons (Fsp3) is 0.364. The first-order chi connectivity index (χ1) is 13.2. The number of fused-ring (bicyclic) bond motifs is 3. The summed E-state index contributed by atoms with van der Waals surface area (Å²) in [6, 6.07) is 13.6. The molecule has 0 saturated heterocycles. The third-order valence-electron chi connectivity index (χ3n) is 4.51. The zero-order chi connectivity index (χ0) is 19.2. The van der Waals surface area contributed by atoms with Gasteiger partial charge in [0, 0.05) is 5.39 Å². The van der Waals surface area contributed by atoms with Crippen LogP contribution in [0.25, 0.3) is 16.4 Å². The summed E-state index contributed by atoms with van der Waals surface area (Å²) >= 11 is 0. The van der Waals surface area contributed by atoms with Gasteiger partial charge in [-0.2, -0.15) is 5.26 Å². The van der Waals surface area contributed by atoms with Crippen LogP contribution in [-0.2, 0) is 4.74 Å². The van der Waals surface area contributed by atoms with Gasteiger partial charge in [0.15, 0.2) is 0 Å². The number of hydrogen-bond donors (Lipinski definition) is 0. The van der Waals surface area contributed by atoms with Crippen LogP contribution < -0.4 is 4.74 Å². The molecule has 140 valence electrons. The smallest absolute Gasteiger partial charge is 0.340 e. The van der Waals surface area contributed by atoms with Crippen molar-refractivity contribution in [2.45, 2.75) is 45.6 Å². The molecule has 2 heterocycles. The molecule has 0 saturated carbocycles. The molecular weight excluding hydrogens is 340 g/mol. The van der Waals surface area contributed by atoms with Gasteiger partial charge in [-0.15, -0.1) is 0 Å². The summed E-state index contributed by atoms with van der Waals surface area (Å²) in [5, 5.41) is 9.67. The maximum Gasteiger partial charge on any atom is 0.340 e. The fourth-order valence-corrected chi connectivity index (χ4v) is 3.19. The van der Waals surface area contributed by atoms with Crippen LogP contribution in [-0.4, -0.2) is 23.1 Å². The van der Waals surface area contributed by atoms with Crippen LogP contribution in [0, 0.1) is 11.3 Å². The van der Waals surface area contributed by atoms with Crippen LogP contribution in [0.4, 0.5) is 0 Å². The molecule has 0 radical (unpaired) electrons. The molecular formula is C22H24N2O3. The molecule has 5 heteroatoms. The van der Waals surface area contributed by atoms with Gasteiger partial charge in [0.1, 0.15) is 11.9 Å². The number of unbranched alkanes of at least 4 members (excludes halogenated alkanes) is 2. The van der Waals surface area contributed by atoms with E-state index in [-0.39, 0.29) is 12.1 Å². The zero-order valence-electron chi connectivity index (χ0n) is 15.8. The molecule has 1 unspecified atom stereocenters. The third kappa shape index (κ3) is 4.06. The molecule has 0 N–H and O–H groups in total. The van der Waals surface area contributed by atoms with Gasteiger partial charge in [0.2, 0.25) is 0 Å². The van der Waals surface area contributed by atoms with E-state index in [0.29, 0.717) is 24.3 Å². The lowest BCUT2D eigenvalue weighted by atomic mass is 10.1. The number of aromatic nitrogens is 1. The minimum Gasteiger partial charge on any atom is -0.488 e. The predicted octanol–water partition coefficient (Wildman–Crippen LogP) is 5.12. The molecule has 3 rings (SSSR count). The Balaban J connectivity index is 1.98. The molecule has 0 aliphatic heterocycles. The molecule has 1 aromatic carbocycles. The van der Waals surface area contributed by atoms with Crippen molar-refractivity contribution in [1.29, 1.82) is 5.26 Å². The van der Waals surface area contributed by atoms with Crippen LogP contribution >= 0.6 is 0 Å². The van der Waals surface area contributed by atoms with E-state index in [1.807, 2.05) is 53.9 Å². The Bertz CT molecular complexity index is 984. The number of benzene rings is 1. The van der Waals surface area contributed by atoms with Gasteiger partial charge < -0.3 is 13.9 Å². The van der Waals surface area contributed by atoms with Crippen LogP contribution in [0.5, 0.6) is 5.75 Å². The third-order valence-corrected chi connectivity index (χ3v) is 4.51. The van der Waals surface area contributed by atoms with Crippen molar-refractivity contribution in [2.24, 2.45) is 0 Å². The molecule has 2 aromatic heterocycles. The summed E-state index contributed by atoms with van der Waals surface area (Å²) in [7, 11) is 0. The summed E-state index contributed by atoms with van der Waals surface area (Å²) in [5.41, 5.74) is 2.29. The Labute approximate surface area is 159 Å². The van der Waals surface area contributed by atoms with E-state index in [4.69, 9.17) is 14.7 Å². The molecule has 27 heavy (non-hydrogen) atoms. The number of para-hydroxylation sites is 1. The van der Waals surface area contributed by atoms with Crippen molar-refractivity contribution in [3.8, 4) is 11.8 Å². The van der Waals surface area contributed by atoms with E-state index < -0.39 is 0 Å². The molecule has 3 aromatic rings. The number of nitrogens with zero attached hydrogens (tertiary/aromatic N) is 2. The second-order valence-corrected chi connectivity index (χ2v) is 6.65. The van der Waals surface area contributed by atoms with Crippen LogP contribution in [0.15, 0.2) is 42.6 Å². The first kappa shape index (κ1) is 18.8. The fourth-order valence-electron chi connectivity index (χ4n) is 3.19. The lowest BCUT2D eigenvalue weighted by molar-refractivity contribution is 0.0502. The summed E-state index contributed by atoms with van der Waals surface area (Å²) < 4.78 is 13.3. The minimum atomic E-state index is -0.295. The van der Waals surface area contributed by atoms with E-state index in [2.05, 4.69) is 13.0 Å². The summed E-state index contributed by atoms with van der Waals surface area (Å²) in [4.78, 5) is 12.7. The highest BCUT2D eigenvalue weighted by Crippen LogP contribution is 2.29. The Morgan fingerprint density at radius 1 is 1.19 bits per heavy atom. The van der Waals surface area contributed by atoms with Gasteiger partial charge in [-0.25, -0.2) is 4.79 Å². The normalized spacial score (nSPS) is 12.0. The quantitative estimate of drug-likeness (QED) is 0.411. The van der Waals surface area contributed by atoms with Crippen molar-refractivity contribution in [3.05, 3.63) is 48.2 Å². The second kappa shape index (κ2) is 8.59. The summed E-state index contributed by atoms with van der Waals surface area (Å²) in [6.07, 6.45) is 4.99. The van der Waals surface area contributed by atoms with Crippen molar-refractivity contribution in [3.63, 3.8) is 0 Å². The maximum absolute atomic E-state index is 12.7. The number of carbonyl (C=O) groups is 1. The molecule has 0 aliphatic carbocycles. The highest BCUT2D eigenvalue weighted by Gasteiger charge is 2.20. The molecule has 0 aliphatic rings. The number of esters is 1. The highest BCUT2D eigenvalue weighted by atomic mass is 16.5. The largest absolute Gasteiger partial charge is 0.488 e. The molecule has 0 amide bonds. The summed E-state index contributed by atoms with van der Waals surface area (Å²) in [6.45, 7) is 4.42. The van der Waals surface area contributed by atoms with Crippen molar-refractivity contribution < 1.29 is 14.3 Å². The zero-order valence-corrected chi connectivity index (χ0v) is 15.8. The number of nitriles is 1. The lowest BCUT2D eigenvalue weighted by Gasteiger charge is -2.12. The van der Waals surface area contributed by atoms with Gasteiger partial charge in [-0.1, -0.05) is 38.0 Å². The maximum atomic E-state index is 12.7. The Kier molecular flexibility index (Phi) is 5.97. The monoisotopic (exact) mass is 364 g/mol. The molecule has 0 fully saturated rings. The van der Waals surface area contributed by atoms with E-state index >= 15 is 0 Å². The van der Waals surface area contributed by atoms with E-state index in [1.165, 1.54) is 0 Å². The average molecular weight is 364 g/mol. The summed E-state index contributed by atoms with van der Waals surface area (Å²) in [5.74, 6) is 0.366. The molecule has 0 spiro atoms. The van der Waals surface area contributed by atoms with Gasteiger partial charge in [-0.3, -0.25) is 0 Å². The second-order valence-electron chi connectivity index (χ2n) is 6.65. The minimum absolute atomic E-state index is 0.197. The average Bonchev–Trinajstić information content (AvgIpc) is 2.99. The van der Waals surface area contributed by atoms with Crippen molar-refractivity contribution in [1.82, 2.24) is 4.40 Å². The molecule has 1 atom stereocenters. The lowest BCUT2D eigenvalue weighted by Crippen LogP contribution is -2.11. The molecule has 0 bridgehead atoms. The number of carbonyl (C=O) groups excluding carboxylic acids is 1. The van der Waals surface area contributed by atoms with Crippen molar-refractivity contribution >= 4 is 22.4 Å². The Morgan fingerprint density at radius 2 is 2.00 bits per heavy atom. The van der Waals surface area contributed by atoms with Gasteiger partial charge in [-0.05, 0) is 31.5 Å². The Morgan fingerprint density at radius 3 is 2.78 bits per heavy atom. The van der Waals surface area contributed by atoms with Crippen LogP contribution in [0.1, 0.15) is 49.9 Å². The first-order valence-corrected chi connectivity index (χ1v) is 9.39. The van der Waals surface area contributed by atoms with Gasteiger partial charge in [0.05, 0.1) is 41.9 Å². The number of pyridine rings is 1. The van der Waals surface area contributed by atoms with E-state index in [0.717, 1.165) is 35.7 Å². The van der Waals surface area contributed by atoms with Crippen LogP contribution in [0.2, 0.25) is 0 Å². The standard InChI is InChI=1S/C22H24N2O3/c1-3-4-7-14-26-22(25)21-18-8-5-6-9-19(18)24-15-17(10-11-20(21)24)27-16(2)12-13-23/h5-6,8-11,15-16H,3-4,7,12,14H2,1-2H3. The topological polar surface area (TPSA) is 63.7 Å². The van der Waals surface area contributed by atoms with E-state index in [9.17, 15) is 4.79 Å². The van der Waals surface area contributed by atoms with E-state index in [1.54, 1.807) is 0 Å². The number of rotatable bonds is 8. The first-order valence-electron chi connectivity index (χ1n) is 9.39. The number of hydrogen-bond acceptors (Lipinski definition) is 4. The molecule has 5 nitrogen and oxygen atoms in total. The highest BCUT2D eigenvalue weighted by molar-refractivity contribution is 6.11. The predicted molar refractivity (Wildman–Crippen MR) is 105 cm³/mol.